The highest BCUT2D eigenvalue weighted by Crippen LogP contribution is 2.42. The summed E-state index contributed by atoms with van der Waals surface area (Å²) < 4.78 is 19.7. The van der Waals surface area contributed by atoms with Gasteiger partial charge in [-0.25, -0.2) is 0 Å². The van der Waals surface area contributed by atoms with Crippen molar-refractivity contribution in [1.29, 1.82) is 0 Å². The van der Waals surface area contributed by atoms with Gasteiger partial charge in [-0.15, -0.1) is 0 Å². The van der Waals surface area contributed by atoms with Gasteiger partial charge in [-0.2, -0.15) is 0 Å². The molecule has 4 nitrogen and oxygen atoms in total. The summed E-state index contributed by atoms with van der Waals surface area (Å²) in [5.41, 5.74) is 0. The van der Waals surface area contributed by atoms with E-state index in [0.717, 1.165) is 32.2 Å². The second kappa shape index (κ2) is 29.5. The first kappa shape index (κ1) is 43.0. The smallest absolute Gasteiger partial charge is 0.169 e. The number of hydrogen-bond acceptors (Lipinski definition) is 4. The van der Waals surface area contributed by atoms with Crippen LogP contribution in [-0.2, 0) is 14.2 Å². The lowest BCUT2D eigenvalue weighted by molar-refractivity contribution is -0.209. The van der Waals surface area contributed by atoms with E-state index in [1.165, 1.54) is 141 Å². The van der Waals surface area contributed by atoms with Crippen LogP contribution < -0.4 is 0 Å². The Morgan fingerprint density at radius 2 is 0.938 bits per heavy atom. The fourth-order valence-electron chi connectivity index (χ4n) is 7.09. The number of rotatable bonds is 32. The summed E-state index contributed by atoms with van der Waals surface area (Å²) in [4.78, 5) is 2.21. The van der Waals surface area contributed by atoms with Gasteiger partial charge in [-0.05, 0) is 91.1 Å². The van der Waals surface area contributed by atoms with Crippen LogP contribution in [0.15, 0.2) is 48.6 Å². The van der Waals surface area contributed by atoms with E-state index >= 15 is 0 Å². The standard InChI is InChI=1S/C44H79NO3/c1-5-7-9-11-13-15-17-19-21-23-25-27-29-31-33-35-37-44(47-42-40-46-41(39-45(3)4)43(42)48-44)38-36-34-32-30-28-26-24-22-20-18-16-14-12-10-8-6-2/h13-16,19-22,41-43H,5-12,17-18,23-40H2,1-4H3/b15-13-,16-14-,21-19-,22-20-/t41-,42+,43-/m1/s1. The van der Waals surface area contributed by atoms with Crippen molar-refractivity contribution < 1.29 is 14.2 Å². The Morgan fingerprint density at radius 1 is 0.521 bits per heavy atom. The van der Waals surface area contributed by atoms with Crippen LogP contribution in [0.3, 0.4) is 0 Å². The first-order chi connectivity index (χ1) is 23.6. The molecule has 2 heterocycles. The van der Waals surface area contributed by atoms with Gasteiger partial charge in [-0.3, -0.25) is 0 Å². The second-order valence-corrected chi connectivity index (χ2v) is 15.0. The molecule has 3 atom stereocenters. The summed E-state index contributed by atoms with van der Waals surface area (Å²) in [5, 5.41) is 0. The summed E-state index contributed by atoms with van der Waals surface area (Å²) >= 11 is 0. The summed E-state index contributed by atoms with van der Waals surface area (Å²) in [5.74, 6) is -0.395. The monoisotopic (exact) mass is 670 g/mol. The SMILES string of the molecule is CCCCC/C=C\C/C=C\CCCCCCCCC1(CCCCCCCC/C=C\C/C=C\CCCCC)O[C@H]2[C@H](CO[C@@H]2CN(C)C)O1. The summed E-state index contributed by atoms with van der Waals surface area (Å²) in [6, 6.07) is 0. The fourth-order valence-corrected chi connectivity index (χ4v) is 7.09. The van der Waals surface area contributed by atoms with Crippen molar-refractivity contribution in [2.75, 3.05) is 27.2 Å². The molecule has 48 heavy (non-hydrogen) atoms. The first-order valence-electron chi connectivity index (χ1n) is 20.8. The minimum atomic E-state index is -0.395. The van der Waals surface area contributed by atoms with Crippen LogP contribution in [0.4, 0.5) is 0 Å². The van der Waals surface area contributed by atoms with Gasteiger partial charge in [0.1, 0.15) is 12.2 Å². The largest absolute Gasteiger partial charge is 0.371 e. The zero-order valence-corrected chi connectivity index (χ0v) is 32.3. The van der Waals surface area contributed by atoms with E-state index in [-0.39, 0.29) is 18.3 Å². The Kier molecular flexibility index (Phi) is 26.4. The van der Waals surface area contributed by atoms with Crippen molar-refractivity contribution in [3.63, 3.8) is 0 Å². The molecule has 0 aromatic rings. The quantitative estimate of drug-likeness (QED) is 0.0527. The number of hydrogen-bond donors (Lipinski definition) is 0. The average Bonchev–Trinajstić information content (AvgIpc) is 3.62. The molecule has 2 rings (SSSR count). The van der Waals surface area contributed by atoms with Gasteiger partial charge in [0.2, 0.25) is 0 Å². The van der Waals surface area contributed by atoms with Crippen LogP contribution in [-0.4, -0.2) is 56.2 Å². The maximum Gasteiger partial charge on any atom is 0.169 e. The van der Waals surface area contributed by atoms with Gasteiger partial charge in [0.15, 0.2) is 5.79 Å². The van der Waals surface area contributed by atoms with E-state index < -0.39 is 5.79 Å². The molecule has 0 N–H and O–H groups in total. The maximum absolute atomic E-state index is 6.84. The predicted octanol–water partition coefficient (Wildman–Crippen LogP) is 12.8. The van der Waals surface area contributed by atoms with E-state index in [1.807, 2.05) is 0 Å². The predicted molar refractivity (Wildman–Crippen MR) is 209 cm³/mol. The summed E-state index contributed by atoms with van der Waals surface area (Å²) in [6.07, 6.45) is 51.9. The third-order valence-electron chi connectivity index (χ3n) is 9.99. The van der Waals surface area contributed by atoms with E-state index in [9.17, 15) is 0 Å². The van der Waals surface area contributed by atoms with Crippen molar-refractivity contribution in [2.24, 2.45) is 0 Å². The van der Waals surface area contributed by atoms with Crippen LogP contribution in [0.5, 0.6) is 0 Å². The Morgan fingerprint density at radius 3 is 1.38 bits per heavy atom. The number of ether oxygens (including phenoxy) is 3. The normalized spacial score (nSPS) is 21.0. The minimum absolute atomic E-state index is 0.0848. The molecular formula is C44H79NO3. The Bertz CT molecular complexity index is 798. The van der Waals surface area contributed by atoms with Gasteiger partial charge in [0, 0.05) is 19.4 Å². The lowest BCUT2D eigenvalue weighted by Gasteiger charge is -2.31. The number of fused-ring (bicyclic) bond motifs is 1. The molecule has 2 fully saturated rings. The van der Waals surface area contributed by atoms with Crippen LogP contribution in [0, 0.1) is 0 Å². The molecule has 4 heteroatoms. The molecule has 0 bridgehead atoms. The van der Waals surface area contributed by atoms with Crippen LogP contribution in [0.1, 0.15) is 181 Å². The maximum atomic E-state index is 6.84. The number of allylic oxidation sites excluding steroid dienone is 8. The molecule has 0 aliphatic carbocycles. The molecule has 0 aromatic carbocycles. The molecule has 2 aliphatic heterocycles. The topological polar surface area (TPSA) is 30.9 Å². The Balaban J connectivity index is 1.59. The highest BCUT2D eigenvalue weighted by molar-refractivity contribution is 4.96. The number of unbranched alkanes of at least 4 members (excludes halogenated alkanes) is 18. The van der Waals surface area contributed by atoms with E-state index in [2.05, 4.69) is 81.5 Å². The third-order valence-corrected chi connectivity index (χ3v) is 9.99. The zero-order chi connectivity index (χ0) is 34.4. The number of nitrogens with zero attached hydrogens (tertiary/aromatic N) is 1. The Hall–Kier alpha value is -1.20. The van der Waals surface area contributed by atoms with Gasteiger partial charge in [0.25, 0.3) is 0 Å². The number of likely N-dealkylation sites (N-methyl/N-ethyl adjacent to an activating group) is 1. The van der Waals surface area contributed by atoms with Crippen molar-refractivity contribution in [1.82, 2.24) is 4.90 Å². The van der Waals surface area contributed by atoms with Crippen molar-refractivity contribution in [3.8, 4) is 0 Å². The molecule has 0 unspecified atom stereocenters. The zero-order valence-electron chi connectivity index (χ0n) is 32.3. The van der Waals surface area contributed by atoms with Crippen LogP contribution in [0.25, 0.3) is 0 Å². The van der Waals surface area contributed by atoms with Gasteiger partial charge in [0.05, 0.1) is 12.7 Å². The van der Waals surface area contributed by atoms with Crippen molar-refractivity contribution >= 4 is 0 Å². The first-order valence-corrected chi connectivity index (χ1v) is 20.8. The molecule has 278 valence electrons. The van der Waals surface area contributed by atoms with Crippen LogP contribution >= 0.6 is 0 Å². The summed E-state index contributed by atoms with van der Waals surface area (Å²) in [7, 11) is 4.24. The van der Waals surface area contributed by atoms with Gasteiger partial charge in [-0.1, -0.05) is 140 Å². The molecule has 0 radical (unpaired) electrons. The van der Waals surface area contributed by atoms with E-state index in [1.54, 1.807) is 0 Å². The fraction of sp³-hybridized carbons (Fsp3) is 0.818. The van der Waals surface area contributed by atoms with Crippen molar-refractivity contribution in [2.45, 2.75) is 205 Å². The molecule has 2 saturated heterocycles. The highest BCUT2D eigenvalue weighted by atomic mass is 16.8. The molecule has 0 saturated carbocycles. The molecule has 0 aromatic heterocycles. The molecule has 0 amide bonds. The third kappa shape index (κ3) is 21.1. The lowest BCUT2D eigenvalue weighted by Crippen LogP contribution is -2.38. The van der Waals surface area contributed by atoms with Crippen molar-refractivity contribution in [3.05, 3.63) is 48.6 Å². The molecule has 2 aliphatic rings. The summed E-state index contributed by atoms with van der Waals surface area (Å²) in [6.45, 7) is 6.11. The van der Waals surface area contributed by atoms with Crippen LogP contribution in [0.2, 0.25) is 0 Å². The van der Waals surface area contributed by atoms with Gasteiger partial charge >= 0.3 is 0 Å². The Labute approximate surface area is 299 Å². The average molecular weight is 670 g/mol. The van der Waals surface area contributed by atoms with E-state index in [0.29, 0.717) is 6.61 Å². The highest BCUT2D eigenvalue weighted by Gasteiger charge is 2.53. The molecular weight excluding hydrogens is 590 g/mol. The molecule has 0 spiro atoms. The lowest BCUT2D eigenvalue weighted by atomic mass is 9.98. The van der Waals surface area contributed by atoms with Gasteiger partial charge < -0.3 is 19.1 Å². The minimum Gasteiger partial charge on any atom is -0.371 e. The van der Waals surface area contributed by atoms with E-state index in [4.69, 9.17) is 14.2 Å². The second-order valence-electron chi connectivity index (χ2n) is 15.0.